The van der Waals surface area contributed by atoms with Gasteiger partial charge < -0.3 is 0 Å². The van der Waals surface area contributed by atoms with E-state index in [-0.39, 0.29) is 0 Å². The van der Waals surface area contributed by atoms with Gasteiger partial charge in [-0.15, -0.1) is 0 Å². The lowest BCUT2D eigenvalue weighted by atomic mass is 10.0. The molecule has 0 bridgehead atoms. The standard InChI is InChI=1S/C16H22N4S/c1-2-7-17-14(5-1)20-15(10-12-6-9-21-11-12)19-13-4-3-8-18-16(13)20/h3-4,8,12,14,17H,1-2,5-7,9-11H2. The van der Waals surface area contributed by atoms with Gasteiger partial charge in [0.2, 0.25) is 0 Å². The van der Waals surface area contributed by atoms with Gasteiger partial charge in [-0.2, -0.15) is 11.8 Å². The normalized spacial score (nSPS) is 26.5. The first-order valence-electron chi connectivity index (χ1n) is 8.05. The van der Waals surface area contributed by atoms with Crippen LogP contribution in [0.1, 0.15) is 37.7 Å². The Balaban J connectivity index is 1.72. The molecule has 2 saturated heterocycles. The average molecular weight is 302 g/mol. The van der Waals surface area contributed by atoms with E-state index in [1.807, 2.05) is 12.3 Å². The van der Waals surface area contributed by atoms with Gasteiger partial charge in [-0.05, 0) is 61.8 Å². The Hall–Kier alpha value is -1.07. The molecule has 2 aliphatic rings. The number of nitrogens with one attached hydrogen (secondary N) is 1. The number of pyridine rings is 1. The van der Waals surface area contributed by atoms with Crippen molar-refractivity contribution in [3.05, 3.63) is 24.2 Å². The molecule has 0 aliphatic carbocycles. The number of imidazole rings is 1. The summed E-state index contributed by atoms with van der Waals surface area (Å²) >= 11 is 2.08. The van der Waals surface area contributed by atoms with Gasteiger partial charge >= 0.3 is 0 Å². The summed E-state index contributed by atoms with van der Waals surface area (Å²) in [5, 5.41) is 3.66. The fourth-order valence-corrected chi connectivity index (χ4v) is 4.79. The number of hydrogen-bond donors (Lipinski definition) is 1. The molecule has 5 heteroatoms. The predicted molar refractivity (Wildman–Crippen MR) is 87.6 cm³/mol. The number of fused-ring (bicyclic) bond motifs is 1. The molecule has 2 unspecified atom stereocenters. The molecule has 1 N–H and O–H groups in total. The zero-order valence-electron chi connectivity index (χ0n) is 12.3. The molecule has 21 heavy (non-hydrogen) atoms. The monoisotopic (exact) mass is 302 g/mol. The highest BCUT2D eigenvalue weighted by Crippen LogP contribution is 2.30. The minimum Gasteiger partial charge on any atom is -0.297 e. The van der Waals surface area contributed by atoms with E-state index in [1.54, 1.807) is 0 Å². The van der Waals surface area contributed by atoms with Crippen LogP contribution in [-0.4, -0.2) is 32.6 Å². The maximum absolute atomic E-state index is 4.90. The Morgan fingerprint density at radius 2 is 2.33 bits per heavy atom. The van der Waals surface area contributed by atoms with Gasteiger partial charge in [0.25, 0.3) is 0 Å². The van der Waals surface area contributed by atoms with E-state index in [4.69, 9.17) is 4.98 Å². The molecular formula is C16H22N4S. The van der Waals surface area contributed by atoms with E-state index < -0.39 is 0 Å². The van der Waals surface area contributed by atoms with Crippen LogP contribution in [0, 0.1) is 5.92 Å². The summed E-state index contributed by atoms with van der Waals surface area (Å²) in [7, 11) is 0. The summed E-state index contributed by atoms with van der Waals surface area (Å²) in [4.78, 5) is 9.51. The molecule has 0 aromatic carbocycles. The molecule has 4 rings (SSSR count). The molecule has 0 amide bonds. The van der Waals surface area contributed by atoms with Crippen molar-refractivity contribution in [1.82, 2.24) is 19.9 Å². The van der Waals surface area contributed by atoms with Crippen LogP contribution in [-0.2, 0) is 6.42 Å². The van der Waals surface area contributed by atoms with Crippen molar-refractivity contribution in [1.29, 1.82) is 0 Å². The lowest BCUT2D eigenvalue weighted by molar-refractivity contribution is 0.316. The fraction of sp³-hybridized carbons (Fsp3) is 0.625. The zero-order chi connectivity index (χ0) is 14.1. The van der Waals surface area contributed by atoms with E-state index in [9.17, 15) is 0 Å². The highest BCUT2D eigenvalue weighted by Gasteiger charge is 2.24. The lowest BCUT2D eigenvalue weighted by Gasteiger charge is -2.27. The van der Waals surface area contributed by atoms with E-state index in [1.165, 1.54) is 43.0 Å². The van der Waals surface area contributed by atoms with Crippen molar-refractivity contribution in [2.24, 2.45) is 5.92 Å². The molecule has 2 aromatic heterocycles. The molecule has 2 aliphatic heterocycles. The van der Waals surface area contributed by atoms with E-state index in [0.29, 0.717) is 6.17 Å². The minimum absolute atomic E-state index is 0.378. The SMILES string of the molecule is c1cnc2c(c1)nc(CC1CCSC1)n2C1CCCCN1. The molecule has 0 saturated carbocycles. The maximum Gasteiger partial charge on any atom is 0.161 e. The van der Waals surface area contributed by atoms with Crippen molar-refractivity contribution in [3.63, 3.8) is 0 Å². The van der Waals surface area contributed by atoms with E-state index >= 15 is 0 Å². The summed E-state index contributed by atoms with van der Waals surface area (Å²) in [6.45, 7) is 1.11. The van der Waals surface area contributed by atoms with Gasteiger partial charge in [0, 0.05) is 12.6 Å². The first-order chi connectivity index (χ1) is 10.4. The summed E-state index contributed by atoms with van der Waals surface area (Å²) < 4.78 is 2.39. The second kappa shape index (κ2) is 5.97. The van der Waals surface area contributed by atoms with Crippen LogP contribution in [0.25, 0.3) is 11.2 Å². The molecule has 4 heterocycles. The number of nitrogens with zero attached hydrogens (tertiary/aromatic N) is 3. The summed E-state index contributed by atoms with van der Waals surface area (Å²) in [6, 6.07) is 4.08. The van der Waals surface area contributed by atoms with Gasteiger partial charge in [-0.1, -0.05) is 0 Å². The van der Waals surface area contributed by atoms with Crippen LogP contribution in [0.15, 0.2) is 18.3 Å². The molecule has 0 spiro atoms. The van der Waals surface area contributed by atoms with Gasteiger partial charge in [-0.25, -0.2) is 9.97 Å². The van der Waals surface area contributed by atoms with Gasteiger partial charge in [0.15, 0.2) is 5.65 Å². The van der Waals surface area contributed by atoms with Crippen molar-refractivity contribution < 1.29 is 0 Å². The Kier molecular flexibility index (Phi) is 3.86. The van der Waals surface area contributed by atoms with Crippen LogP contribution >= 0.6 is 11.8 Å². The van der Waals surface area contributed by atoms with Crippen molar-refractivity contribution in [2.45, 2.75) is 38.3 Å². The second-order valence-electron chi connectivity index (χ2n) is 6.14. The quantitative estimate of drug-likeness (QED) is 0.946. The highest BCUT2D eigenvalue weighted by atomic mass is 32.2. The zero-order valence-corrected chi connectivity index (χ0v) is 13.1. The van der Waals surface area contributed by atoms with Gasteiger partial charge in [-0.3, -0.25) is 9.88 Å². The summed E-state index contributed by atoms with van der Waals surface area (Å²) in [5.74, 6) is 4.62. The molecule has 2 aromatic rings. The highest BCUT2D eigenvalue weighted by molar-refractivity contribution is 7.99. The van der Waals surface area contributed by atoms with Crippen LogP contribution in [0.2, 0.25) is 0 Å². The molecule has 0 radical (unpaired) electrons. The smallest absolute Gasteiger partial charge is 0.161 e. The third-order valence-corrected chi connectivity index (χ3v) is 5.84. The molecule has 112 valence electrons. The number of aromatic nitrogens is 3. The first kappa shape index (κ1) is 13.6. The topological polar surface area (TPSA) is 42.7 Å². The Morgan fingerprint density at radius 3 is 3.14 bits per heavy atom. The van der Waals surface area contributed by atoms with Crippen molar-refractivity contribution in [3.8, 4) is 0 Å². The molecular weight excluding hydrogens is 280 g/mol. The number of hydrogen-bond acceptors (Lipinski definition) is 4. The average Bonchev–Trinajstić information content (AvgIpc) is 3.15. The first-order valence-corrected chi connectivity index (χ1v) is 9.20. The Morgan fingerprint density at radius 1 is 1.33 bits per heavy atom. The van der Waals surface area contributed by atoms with Crippen molar-refractivity contribution >= 4 is 22.9 Å². The predicted octanol–water partition coefficient (Wildman–Crippen LogP) is 3.00. The molecule has 4 nitrogen and oxygen atoms in total. The van der Waals surface area contributed by atoms with Crippen LogP contribution < -0.4 is 5.32 Å². The maximum atomic E-state index is 4.90. The lowest BCUT2D eigenvalue weighted by Crippen LogP contribution is -2.32. The molecule has 2 atom stereocenters. The van der Waals surface area contributed by atoms with E-state index in [2.05, 4.69) is 32.7 Å². The largest absolute Gasteiger partial charge is 0.297 e. The van der Waals surface area contributed by atoms with Crippen LogP contribution in [0.5, 0.6) is 0 Å². The number of piperidine rings is 1. The summed E-state index contributed by atoms with van der Waals surface area (Å²) in [5.41, 5.74) is 2.10. The van der Waals surface area contributed by atoms with Gasteiger partial charge in [0.05, 0.1) is 6.17 Å². The third-order valence-electron chi connectivity index (χ3n) is 4.61. The second-order valence-corrected chi connectivity index (χ2v) is 7.29. The summed E-state index contributed by atoms with van der Waals surface area (Å²) in [6.07, 6.45) is 8.46. The van der Waals surface area contributed by atoms with Crippen molar-refractivity contribution in [2.75, 3.05) is 18.1 Å². The third kappa shape index (κ3) is 2.69. The minimum atomic E-state index is 0.378. The van der Waals surface area contributed by atoms with E-state index in [0.717, 1.165) is 30.0 Å². The van der Waals surface area contributed by atoms with Crippen LogP contribution in [0.3, 0.4) is 0 Å². The Bertz CT molecular complexity index is 612. The fourth-order valence-electron chi connectivity index (χ4n) is 3.50. The number of thioether (sulfide) groups is 1. The molecule has 2 fully saturated rings. The van der Waals surface area contributed by atoms with Crippen LogP contribution in [0.4, 0.5) is 0 Å². The van der Waals surface area contributed by atoms with Gasteiger partial charge in [0.1, 0.15) is 11.3 Å². The Labute approximate surface area is 129 Å². The number of rotatable bonds is 3.